The lowest BCUT2D eigenvalue weighted by molar-refractivity contribution is -0.136. The van der Waals surface area contributed by atoms with E-state index in [2.05, 4.69) is 32.5 Å². The third kappa shape index (κ3) is 4.19. The van der Waals surface area contributed by atoms with Crippen LogP contribution < -0.4 is 10.6 Å². The number of piperazine rings is 1. The number of amides is 4. The molecule has 0 saturated carbocycles. The van der Waals surface area contributed by atoms with Crippen molar-refractivity contribution in [1.29, 1.82) is 0 Å². The van der Waals surface area contributed by atoms with Crippen molar-refractivity contribution < 1.29 is 23.6 Å². The number of nitrogens with one attached hydrogen (secondary N) is 2. The van der Waals surface area contributed by atoms with Crippen molar-refractivity contribution >= 4 is 29.3 Å². The summed E-state index contributed by atoms with van der Waals surface area (Å²) >= 11 is 0. The molecule has 0 spiro atoms. The smallest absolute Gasteiger partial charge is 0.264 e. The zero-order valence-electron chi connectivity index (χ0n) is 18.9. The van der Waals surface area contributed by atoms with Crippen LogP contribution in [0.25, 0.3) is 0 Å². The van der Waals surface area contributed by atoms with Crippen LogP contribution in [0, 0.1) is 0 Å². The van der Waals surface area contributed by atoms with Crippen LogP contribution in [0.5, 0.6) is 0 Å². The van der Waals surface area contributed by atoms with E-state index in [0.717, 1.165) is 31.1 Å². The number of nitrogens with zero attached hydrogens (tertiary/aromatic N) is 4. The maximum atomic E-state index is 13.2. The van der Waals surface area contributed by atoms with Crippen molar-refractivity contribution in [3.8, 4) is 0 Å². The Hall–Kier alpha value is -3.57. The van der Waals surface area contributed by atoms with Crippen molar-refractivity contribution in [3.63, 3.8) is 0 Å². The number of carbonyl (C=O) groups excluding carboxylic acids is 4. The molecule has 3 aliphatic rings. The summed E-state index contributed by atoms with van der Waals surface area (Å²) in [6.45, 7) is 4.87. The van der Waals surface area contributed by atoms with Gasteiger partial charge in [0.15, 0.2) is 0 Å². The molecule has 2 aromatic rings. The van der Waals surface area contributed by atoms with Crippen molar-refractivity contribution in [2.75, 3.05) is 38.5 Å². The highest BCUT2D eigenvalue weighted by Gasteiger charge is 2.45. The summed E-state index contributed by atoms with van der Waals surface area (Å²) < 4.78 is 5.87. The van der Waals surface area contributed by atoms with Crippen LogP contribution in [-0.4, -0.2) is 82.6 Å². The number of benzene rings is 1. The van der Waals surface area contributed by atoms with Gasteiger partial charge in [-0.3, -0.25) is 34.3 Å². The number of anilines is 1. The maximum absolute atomic E-state index is 13.2. The third-order valence-corrected chi connectivity index (χ3v) is 6.48. The van der Waals surface area contributed by atoms with Gasteiger partial charge in [0.1, 0.15) is 11.8 Å². The number of hydrogen-bond acceptors (Lipinski definition) is 9. The van der Waals surface area contributed by atoms with Crippen LogP contribution in [0.1, 0.15) is 45.2 Å². The van der Waals surface area contributed by atoms with Gasteiger partial charge in [-0.1, -0.05) is 6.07 Å². The Balaban J connectivity index is 1.27. The van der Waals surface area contributed by atoms with E-state index in [1.165, 1.54) is 0 Å². The average molecular weight is 466 g/mol. The molecule has 5 rings (SSSR count). The van der Waals surface area contributed by atoms with Crippen LogP contribution in [0.15, 0.2) is 28.8 Å². The Morgan fingerprint density at radius 3 is 2.68 bits per heavy atom. The number of imide groups is 2. The molecule has 3 aliphatic heterocycles. The van der Waals surface area contributed by atoms with Crippen molar-refractivity contribution in [2.45, 2.75) is 32.0 Å². The van der Waals surface area contributed by atoms with Gasteiger partial charge in [-0.25, -0.2) is 4.98 Å². The van der Waals surface area contributed by atoms with Gasteiger partial charge in [0.25, 0.3) is 11.8 Å². The van der Waals surface area contributed by atoms with E-state index in [1.54, 1.807) is 24.4 Å². The van der Waals surface area contributed by atoms with Gasteiger partial charge < -0.3 is 14.6 Å². The molecule has 0 aliphatic carbocycles. The largest absolute Gasteiger partial charge is 0.442 e. The van der Waals surface area contributed by atoms with Gasteiger partial charge in [-0.2, -0.15) is 0 Å². The van der Waals surface area contributed by atoms with E-state index in [1.807, 2.05) is 0 Å². The van der Waals surface area contributed by atoms with E-state index >= 15 is 0 Å². The first-order valence-electron chi connectivity index (χ1n) is 11.3. The summed E-state index contributed by atoms with van der Waals surface area (Å²) in [4.78, 5) is 59.8. The normalized spacial score (nSPS) is 21.7. The molecule has 1 unspecified atom stereocenters. The Labute approximate surface area is 196 Å². The molecular weight excluding hydrogens is 440 g/mol. The molecule has 11 heteroatoms. The van der Waals surface area contributed by atoms with E-state index < -0.39 is 29.7 Å². The van der Waals surface area contributed by atoms with E-state index in [0.29, 0.717) is 23.9 Å². The number of aromatic nitrogens is 1. The number of oxazole rings is 1. The monoisotopic (exact) mass is 466 g/mol. The number of hydrogen-bond donors (Lipinski definition) is 2. The van der Waals surface area contributed by atoms with Crippen molar-refractivity contribution in [3.05, 3.63) is 47.2 Å². The SMILES string of the molecule is CN1CCN(Cc2ncc(CNc3cccc4c3C(=O)N(C3CCC(=O)NC3=O)C4=O)o2)CC1. The molecular formula is C23H26N6O5. The second-order valence-corrected chi connectivity index (χ2v) is 8.83. The molecule has 1 aromatic heterocycles. The van der Waals surface area contributed by atoms with Gasteiger partial charge in [0.05, 0.1) is 30.4 Å². The molecule has 4 amide bonds. The minimum atomic E-state index is -0.996. The Bertz CT molecular complexity index is 1150. The highest BCUT2D eigenvalue weighted by atomic mass is 16.4. The van der Waals surface area contributed by atoms with Gasteiger partial charge in [-0.05, 0) is 25.6 Å². The molecule has 0 radical (unpaired) electrons. The lowest BCUT2D eigenvalue weighted by Gasteiger charge is -2.31. The molecule has 2 N–H and O–H groups in total. The fourth-order valence-corrected chi connectivity index (χ4v) is 4.54. The number of likely N-dealkylation sites (N-methyl/N-ethyl adjacent to an activating group) is 1. The summed E-state index contributed by atoms with van der Waals surface area (Å²) in [5.74, 6) is -0.872. The zero-order chi connectivity index (χ0) is 23.8. The number of piperidine rings is 1. The first-order chi connectivity index (χ1) is 16.4. The first kappa shape index (κ1) is 22.2. The molecule has 4 heterocycles. The number of fused-ring (bicyclic) bond motifs is 1. The Morgan fingerprint density at radius 2 is 1.91 bits per heavy atom. The predicted molar refractivity (Wildman–Crippen MR) is 120 cm³/mol. The summed E-state index contributed by atoms with van der Waals surface area (Å²) in [5, 5.41) is 5.37. The number of carbonyl (C=O) groups is 4. The molecule has 1 aromatic carbocycles. The molecule has 1 atom stereocenters. The van der Waals surface area contributed by atoms with Crippen LogP contribution >= 0.6 is 0 Å². The van der Waals surface area contributed by atoms with Crippen molar-refractivity contribution in [2.24, 2.45) is 0 Å². The lowest BCUT2D eigenvalue weighted by atomic mass is 10.0. The van der Waals surface area contributed by atoms with E-state index in [9.17, 15) is 19.2 Å². The molecule has 11 nitrogen and oxygen atoms in total. The van der Waals surface area contributed by atoms with Gasteiger partial charge in [0.2, 0.25) is 17.7 Å². The molecule has 34 heavy (non-hydrogen) atoms. The molecule has 0 bridgehead atoms. The first-order valence-corrected chi connectivity index (χ1v) is 11.3. The minimum absolute atomic E-state index is 0.0802. The summed E-state index contributed by atoms with van der Waals surface area (Å²) in [6.07, 6.45) is 1.86. The second kappa shape index (κ2) is 8.99. The van der Waals surface area contributed by atoms with Crippen LogP contribution in [0.3, 0.4) is 0 Å². The standard InChI is InChI=1S/C23H26N6O5/c1-27-7-9-28(10-8-27)13-19-25-12-14(34-19)11-24-16-4-2-3-15-20(16)23(33)29(22(15)32)17-5-6-18(30)26-21(17)31/h2-4,12,17,24H,5-11,13H2,1H3,(H,26,30,31). The Kier molecular flexibility index (Phi) is 5.88. The van der Waals surface area contributed by atoms with Crippen LogP contribution in [0.4, 0.5) is 5.69 Å². The summed E-state index contributed by atoms with van der Waals surface area (Å²) in [7, 11) is 2.11. The predicted octanol–water partition coefficient (Wildman–Crippen LogP) is 0.435. The molecule has 2 saturated heterocycles. The lowest BCUT2D eigenvalue weighted by Crippen LogP contribution is -2.54. The molecule has 178 valence electrons. The van der Waals surface area contributed by atoms with Gasteiger partial charge in [-0.15, -0.1) is 0 Å². The third-order valence-electron chi connectivity index (χ3n) is 6.48. The zero-order valence-corrected chi connectivity index (χ0v) is 18.9. The van der Waals surface area contributed by atoms with Gasteiger partial charge in [0, 0.05) is 38.3 Å². The van der Waals surface area contributed by atoms with Crippen molar-refractivity contribution in [1.82, 2.24) is 25.0 Å². The summed E-state index contributed by atoms with van der Waals surface area (Å²) in [6, 6.07) is 3.96. The van der Waals surface area contributed by atoms with Gasteiger partial charge >= 0.3 is 0 Å². The minimum Gasteiger partial charge on any atom is -0.442 e. The summed E-state index contributed by atoms with van der Waals surface area (Å²) in [5.41, 5.74) is 0.921. The molecule has 2 fully saturated rings. The van der Waals surface area contributed by atoms with E-state index in [4.69, 9.17) is 4.42 Å². The van der Waals surface area contributed by atoms with E-state index in [-0.39, 0.29) is 30.5 Å². The van der Waals surface area contributed by atoms with Crippen LogP contribution in [-0.2, 0) is 22.7 Å². The fourth-order valence-electron chi connectivity index (χ4n) is 4.54. The fraction of sp³-hybridized carbons (Fsp3) is 0.435. The topological polar surface area (TPSA) is 128 Å². The highest BCUT2D eigenvalue weighted by Crippen LogP contribution is 2.32. The number of rotatable bonds is 6. The maximum Gasteiger partial charge on any atom is 0.264 e. The quantitative estimate of drug-likeness (QED) is 0.583. The Morgan fingerprint density at radius 1 is 1.12 bits per heavy atom. The average Bonchev–Trinajstić information content (AvgIpc) is 3.37. The highest BCUT2D eigenvalue weighted by molar-refractivity contribution is 6.25. The van der Waals surface area contributed by atoms with Crippen LogP contribution in [0.2, 0.25) is 0 Å². The second-order valence-electron chi connectivity index (χ2n) is 8.83.